The molecule has 7 heteroatoms. The molecule has 1 aliphatic heterocycles. The summed E-state index contributed by atoms with van der Waals surface area (Å²) in [5.41, 5.74) is 0.291. The zero-order valence-corrected chi connectivity index (χ0v) is 17.2. The van der Waals surface area contributed by atoms with Crippen LogP contribution in [0, 0.1) is 17.6 Å². The van der Waals surface area contributed by atoms with E-state index in [1.54, 1.807) is 28.0 Å². The number of ether oxygens (including phenoxy) is 1. The van der Waals surface area contributed by atoms with Gasteiger partial charge in [-0.05, 0) is 36.2 Å². The maximum atomic E-state index is 14.1. The molecule has 0 radical (unpaired) electrons. The van der Waals surface area contributed by atoms with Gasteiger partial charge in [-0.25, -0.2) is 8.78 Å². The minimum absolute atomic E-state index is 0.0154. The molecule has 30 heavy (non-hydrogen) atoms. The molecule has 1 saturated heterocycles. The van der Waals surface area contributed by atoms with E-state index in [1.165, 1.54) is 30.3 Å². The van der Waals surface area contributed by atoms with Crippen molar-refractivity contribution in [1.29, 1.82) is 0 Å². The summed E-state index contributed by atoms with van der Waals surface area (Å²) in [5, 5.41) is 0. The van der Waals surface area contributed by atoms with Gasteiger partial charge in [0.05, 0.1) is 18.3 Å². The summed E-state index contributed by atoms with van der Waals surface area (Å²) in [6, 6.07) is 11.5. The lowest BCUT2D eigenvalue weighted by Crippen LogP contribution is -2.51. The highest BCUT2D eigenvalue weighted by atomic mass is 19.1. The Morgan fingerprint density at radius 2 is 1.93 bits per heavy atom. The molecule has 2 aromatic carbocycles. The number of benzene rings is 2. The van der Waals surface area contributed by atoms with Gasteiger partial charge in [0.1, 0.15) is 11.6 Å². The maximum Gasteiger partial charge on any atom is 0.256 e. The van der Waals surface area contributed by atoms with Gasteiger partial charge in [0.15, 0.2) is 0 Å². The van der Waals surface area contributed by atoms with E-state index in [4.69, 9.17) is 4.74 Å². The SMILES string of the molecule is CC(C)CN(C[C@@H]1CN(C(=O)c2cccc(F)c2)CCO1)C(=O)c1ccccc1F. The molecule has 0 spiro atoms. The molecule has 0 aliphatic carbocycles. The van der Waals surface area contributed by atoms with Crippen LogP contribution in [0.25, 0.3) is 0 Å². The van der Waals surface area contributed by atoms with E-state index in [0.717, 1.165) is 0 Å². The van der Waals surface area contributed by atoms with E-state index < -0.39 is 23.6 Å². The van der Waals surface area contributed by atoms with Crippen LogP contribution < -0.4 is 0 Å². The van der Waals surface area contributed by atoms with Gasteiger partial charge < -0.3 is 14.5 Å². The van der Waals surface area contributed by atoms with Crippen LogP contribution in [0.3, 0.4) is 0 Å². The maximum absolute atomic E-state index is 14.1. The van der Waals surface area contributed by atoms with Gasteiger partial charge in [-0.15, -0.1) is 0 Å². The third-order valence-electron chi connectivity index (χ3n) is 4.90. The Kier molecular flexibility index (Phi) is 7.15. The minimum atomic E-state index is -0.566. The fourth-order valence-corrected chi connectivity index (χ4v) is 3.55. The highest BCUT2D eigenvalue weighted by Gasteiger charge is 2.29. The lowest BCUT2D eigenvalue weighted by Gasteiger charge is -2.36. The standard InChI is InChI=1S/C23H26F2N2O3/c1-16(2)13-27(23(29)20-8-3-4-9-21(20)25)15-19-14-26(10-11-30-19)22(28)17-6-5-7-18(24)12-17/h3-9,12,16,19H,10-11,13-15H2,1-2H3/t19-/m0/s1. The van der Waals surface area contributed by atoms with Crippen LogP contribution in [-0.2, 0) is 4.74 Å². The predicted octanol–water partition coefficient (Wildman–Crippen LogP) is 3.60. The van der Waals surface area contributed by atoms with Crippen LogP contribution in [-0.4, -0.2) is 60.5 Å². The molecule has 1 aliphatic rings. The van der Waals surface area contributed by atoms with Gasteiger partial charge in [0, 0.05) is 31.7 Å². The third kappa shape index (κ3) is 5.42. The second-order valence-electron chi connectivity index (χ2n) is 7.84. The Bertz CT molecular complexity index is 904. The van der Waals surface area contributed by atoms with E-state index in [1.807, 2.05) is 13.8 Å². The highest BCUT2D eigenvalue weighted by molar-refractivity contribution is 5.95. The van der Waals surface area contributed by atoms with E-state index in [0.29, 0.717) is 19.7 Å². The number of halogens is 2. The van der Waals surface area contributed by atoms with Gasteiger partial charge in [0.2, 0.25) is 0 Å². The molecule has 160 valence electrons. The molecule has 0 saturated carbocycles. The van der Waals surface area contributed by atoms with Crippen LogP contribution in [0.1, 0.15) is 34.6 Å². The van der Waals surface area contributed by atoms with Crippen molar-refractivity contribution in [1.82, 2.24) is 9.80 Å². The predicted molar refractivity (Wildman–Crippen MR) is 109 cm³/mol. The Balaban J connectivity index is 1.72. The van der Waals surface area contributed by atoms with Gasteiger partial charge in [-0.1, -0.05) is 32.0 Å². The Labute approximate surface area is 175 Å². The highest BCUT2D eigenvalue weighted by Crippen LogP contribution is 2.16. The zero-order chi connectivity index (χ0) is 21.7. The first-order chi connectivity index (χ1) is 14.3. The number of hydrogen-bond donors (Lipinski definition) is 0. The summed E-state index contributed by atoms with van der Waals surface area (Å²) in [5.74, 6) is -1.54. The molecule has 0 unspecified atom stereocenters. The van der Waals surface area contributed by atoms with Crippen molar-refractivity contribution in [3.63, 3.8) is 0 Å². The summed E-state index contributed by atoms with van der Waals surface area (Å²) < 4.78 is 33.4. The summed E-state index contributed by atoms with van der Waals surface area (Å²) in [6.45, 7) is 5.59. The fourth-order valence-electron chi connectivity index (χ4n) is 3.55. The average Bonchev–Trinajstić information content (AvgIpc) is 2.72. The first kappa shape index (κ1) is 21.9. The first-order valence-corrected chi connectivity index (χ1v) is 10.1. The largest absolute Gasteiger partial charge is 0.373 e. The van der Waals surface area contributed by atoms with Gasteiger partial charge in [-0.2, -0.15) is 0 Å². The smallest absolute Gasteiger partial charge is 0.256 e. The topological polar surface area (TPSA) is 49.9 Å². The summed E-state index contributed by atoms with van der Waals surface area (Å²) in [6.07, 6.45) is -0.411. The van der Waals surface area contributed by atoms with Crippen LogP contribution in [0.15, 0.2) is 48.5 Å². The molecule has 0 bridgehead atoms. The quantitative estimate of drug-likeness (QED) is 0.723. The Morgan fingerprint density at radius 1 is 1.17 bits per heavy atom. The number of amides is 2. The van der Waals surface area contributed by atoms with Crippen LogP contribution in [0.2, 0.25) is 0 Å². The van der Waals surface area contributed by atoms with Crippen molar-refractivity contribution in [2.24, 2.45) is 5.92 Å². The summed E-state index contributed by atoms with van der Waals surface area (Å²) in [4.78, 5) is 28.9. The minimum Gasteiger partial charge on any atom is -0.373 e. The molecule has 5 nitrogen and oxygen atoms in total. The van der Waals surface area contributed by atoms with E-state index in [2.05, 4.69) is 0 Å². The van der Waals surface area contributed by atoms with Crippen LogP contribution in [0.5, 0.6) is 0 Å². The van der Waals surface area contributed by atoms with Crippen LogP contribution in [0.4, 0.5) is 8.78 Å². The van der Waals surface area contributed by atoms with E-state index in [-0.39, 0.29) is 36.0 Å². The van der Waals surface area contributed by atoms with Crippen molar-refractivity contribution in [3.8, 4) is 0 Å². The monoisotopic (exact) mass is 416 g/mol. The van der Waals surface area contributed by atoms with Gasteiger partial charge in [-0.3, -0.25) is 9.59 Å². The fraction of sp³-hybridized carbons (Fsp3) is 0.391. The molecule has 2 amide bonds. The Morgan fingerprint density at radius 3 is 2.63 bits per heavy atom. The first-order valence-electron chi connectivity index (χ1n) is 10.1. The van der Waals surface area contributed by atoms with Crippen molar-refractivity contribution in [2.45, 2.75) is 20.0 Å². The van der Waals surface area contributed by atoms with E-state index >= 15 is 0 Å². The molecular weight excluding hydrogens is 390 g/mol. The lowest BCUT2D eigenvalue weighted by molar-refractivity contribution is -0.0340. The number of rotatable bonds is 6. The molecule has 0 N–H and O–H groups in total. The molecule has 1 atom stereocenters. The Hall–Kier alpha value is -2.80. The number of morpholine rings is 1. The summed E-state index contributed by atoms with van der Waals surface area (Å²) in [7, 11) is 0. The molecular formula is C23H26F2N2O3. The van der Waals surface area contributed by atoms with Crippen molar-refractivity contribution < 1.29 is 23.1 Å². The number of hydrogen-bond acceptors (Lipinski definition) is 3. The number of carbonyl (C=O) groups excluding carboxylic acids is 2. The molecule has 1 fully saturated rings. The van der Waals surface area contributed by atoms with Crippen molar-refractivity contribution >= 4 is 11.8 Å². The third-order valence-corrected chi connectivity index (χ3v) is 4.90. The lowest BCUT2D eigenvalue weighted by atomic mass is 10.1. The summed E-state index contributed by atoms with van der Waals surface area (Å²) >= 11 is 0. The van der Waals surface area contributed by atoms with Gasteiger partial charge in [0.25, 0.3) is 11.8 Å². The molecule has 3 rings (SSSR count). The van der Waals surface area contributed by atoms with Crippen LogP contribution >= 0.6 is 0 Å². The number of carbonyl (C=O) groups is 2. The normalized spacial score (nSPS) is 16.6. The second kappa shape index (κ2) is 9.80. The van der Waals surface area contributed by atoms with Crippen molar-refractivity contribution in [3.05, 3.63) is 71.3 Å². The van der Waals surface area contributed by atoms with Gasteiger partial charge >= 0.3 is 0 Å². The molecule has 2 aromatic rings. The second-order valence-corrected chi connectivity index (χ2v) is 7.84. The molecule has 0 aromatic heterocycles. The molecule has 1 heterocycles. The number of nitrogens with zero attached hydrogens (tertiary/aromatic N) is 2. The average molecular weight is 416 g/mol. The van der Waals surface area contributed by atoms with Crippen molar-refractivity contribution in [2.75, 3.05) is 32.8 Å². The zero-order valence-electron chi connectivity index (χ0n) is 17.2. The van der Waals surface area contributed by atoms with E-state index in [9.17, 15) is 18.4 Å².